The largest absolute Gasteiger partial charge is 0.470 e. The molecule has 10 nitrogen and oxygen atoms in total. The summed E-state index contributed by atoms with van der Waals surface area (Å²) in [6, 6.07) is 7.93. The molecule has 3 aromatic heterocycles. The molecule has 2 saturated heterocycles. The number of likely N-dealkylation sites (tertiary alicyclic amines) is 1. The maximum Gasteiger partial charge on any atom is 0.262 e. The van der Waals surface area contributed by atoms with E-state index in [1.807, 2.05) is 35.9 Å². The summed E-state index contributed by atoms with van der Waals surface area (Å²) in [5.41, 5.74) is 2.96. The monoisotopic (exact) mass is 461 g/mol. The molecule has 0 radical (unpaired) electrons. The molecule has 176 valence electrons. The van der Waals surface area contributed by atoms with Crippen LogP contribution in [0, 0.1) is 6.92 Å². The van der Waals surface area contributed by atoms with E-state index in [9.17, 15) is 4.79 Å². The molecule has 1 atom stereocenters. The van der Waals surface area contributed by atoms with Gasteiger partial charge in [-0.3, -0.25) is 9.69 Å². The van der Waals surface area contributed by atoms with Crippen LogP contribution in [0.15, 0.2) is 35.3 Å². The smallest absolute Gasteiger partial charge is 0.262 e. The molecule has 10 heteroatoms. The van der Waals surface area contributed by atoms with Gasteiger partial charge in [0, 0.05) is 26.3 Å². The molecule has 0 bridgehead atoms. The fourth-order valence-corrected chi connectivity index (χ4v) is 4.72. The van der Waals surface area contributed by atoms with E-state index in [-0.39, 0.29) is 23.7 Å². The van der Waals surface area contributed by atoms with E-state index < -0.39 is 0 Å². The van der Waals surface area contributed by atoms with E-state index in [0.29, 0.717) is 36.0 Å². The number of hydrogen-bond donors (Lipinski definition) is 1. The molecule has 0 amide bonds. The Morgan fingerprint density at radius 1 is 1.12 bits per heavy atom. The van der Waals surface area contributed by atoms with Gasteiger partial charge in [-0.05, 0) is 38.8 Å². The SMILES string of the molecule is Cc1nc2ccccc2nc1OC1CN(C(C)c2nc3c(cnn3C3CCOCC3)c(=O)[nH]2)C1. The third kappa shape index (κ3) is 3.72. The van der Waals surface area contributed by atoms with Crippen molar-refractivity contribution in [1.82, 2.24) is 34.6 Å². The molecule has 0 aliphatic carbocycles. The first-order valence-electron chi connectivity index (χ1n) is 11.8. The summed E-state index contributed by atoms with van der Waals surface area (Å²) in [5.74, 6) is 1.22. The minimum Gasteiger partial charge on any atom is -0.470 e. The van der Waals surface area contributed by atoms with Gasteiger partial charge >= 0.3 is 0 Å². The second-order valence-corrected chi connectivity index (χ2v) is 9.09. The van der Waals surface area contributed by atoms with Crippen LogP contribution in [0.4, 0.5) is 0 Å². The summed E-state index contributed by atoms with van der Waals surface area (Å²) in [5, 5.41) is 5.01. The van der Waals surface area contributed by atoms with Gasteiger partial charge in [0.15, 0.2) is 5.65 Å². The maximum atomic E-state index is 12.7. The second-order valence-electron chi connectivity index (χ2n) is 9.09. The molecule has 2 aliphatic rings. The van der Waals surface area contributed by atoms with Gasteiger partial charge < -0.3 is 14.5 Å². The van der Waals surface area contributed by atoms with E-state index in [0.717, 1.165) is 42.7 Å². The number of aromatic amines is 1. The number of ether oxygens (including phenoxy) is 2. The molecule has 0 spiro atoms. The Kier molecular flexibility index (Phi) is 5.26. The lowest BCUT2D eigenvalue weighted by atomic mass is 10.1. The van der Waals surface area contributed by atoms with Crippen molar-refractivity contribution in [3.63, 3.8) is 0 Å². The van der Waals surface area contributed by atoms with Crippen LogP contribution in [-0.4, -0.2) is 67.0 Å². The Morgan fingerprint density at radius 2 is 1.85 bits per heavy atom. The van der Waals surface area contributed by atoms with Crippen LogP contribution in [-0.2, 0) is 4.74 Å². The molecule has 6 rings (SSSR count). The number of aryl methyl sites for hydroxylation is 1. The zero-order valence-corrected chi connectivity index (χ0v) is 19.3. The standard InChI is InChI=1S/C24H27N7O3/c1-14-24(27-20-6-4-3-5-19(20)26-14)34-17-12-30(13-17)15(2)21-28-22-18(23(32)29-21)11-25-31(22)16-7-9-33-10-8-16/h3-6,11,15-17H,7-10,12-13H2,1-2H3,(H,28,29,32). The molecular weight excluding hydrogens is 434 g/mol. The second kappa shape index (κ2) is 8.44. The lowest BCUT2D eigenvalue weighted by molar-refractivity contribution is -0.0100. The normalized spacial score (nSPS) is 18.9. The topological polar surface area (TPSA) is 111 Å². The van der Waals surface area contributed by atoms with Crippen molar-refractivity contribution in [2.24, 2.45) is 0 Å². The predicted octanol–water partition coefficient (Wildman–Crippen LogP) is 2.55. The summed E-state index contributed by atoms with van der Waals surface area (Å²) in [6.07, 6.45) is 3.38. The number of nitrogens with zero attached hydrogens (tertiary/aromatic N) is 6. The van der Waals surface area contributed by atoms with Crippen molar-refractivity contribution < 1.29 is 9.47 Å². The number of nitrogens with one attached hydrogen (secondary N) is 1. The van der Waals surface area contributed by atoms with Crippen LogP contribution in [0.3, 0.4) is 0 Å². The van der Waals surface area contributed by atoms with Gasteiger partial charge in [0.2, 0.25) is 5.88 Å². The highest BCUT2D eigenvalue weighted by molar-refractivity contribution is 5.75. The fourth-order valence-electron chi connectivity index (χ4n) is 4.72. The molecule has 1 aromatic carbocycles. The van der Waals surface area contributed by atoms with Gasteiger partial charge in [0.25, 0.3) is 5.56 Å². The number of para-hydroxylation sites is 2. The fraction of sp³-hybridized carbons (Fsp3) is 0.458. The van der Waals surface area contributed by atoms with Gasteiger partial charge in [0.05, 0.1) is 29.3 Å². The number of hydrogen-bond acceptors (Lipinski definition) is 8. The van der Waals surface area contributed by atoms with Gasteiger partial charge in [-0.2, -0.15) is 5.10 Å². The number of aromatic nitrogens is 6. The average Bonchev–Trinajstić information content (AvgIpc) is 3.26. The van der Waals surface area contributed by atoms with Gasteiger partial charge in [-0.15, -0.1) is 0 Å². The molecule has 1 N–H and O–H groups in total. The van der Waals surface area contributed by atoms with Crippen molar-refractivity contribution in [2.45, 2.75) is 44.9 Å². The van der Waals surface area contributed by atoms with Crippen molar-refractivity contribution >= 4 is 22.1 Å². The Bertz CT molecular complexity index is 1400. The molecule has 34 heavy (non-hydrogen) atoms. The highest BCUT2D eigenvalue weighted by atomic mass is 16.5. The Morgan fingerprint density at radius 3 is 2.62 bits per heavy atom. The predicted molar refractivity (Wildman–Crippen MR) is 126 cm³/mol. The lowest BCUT2D eigenvalue weighted by Crippen LogP contribution is -2.54. The van der Waals surface area contributed by atoms with Crippen LogP contribution >= 0.6 is 0 Å². The third-order valence-electron chi connectivity index (χ3n) is 6.82. The summed E-state index contributed by atoms with van der Waals surface area (Å²) >= 11 is 0. The van der Waals surface area contributed by atoms with Crippen molar-refractivity contribution in [1.29, 1.82) is 0 Å². The Labute approximate surface area is 195 Å². The maximum absolute atomic E-state index is 12.7. The van der Waals surface area contributed by atoms with E-state index in [1.165, 1.54) is 0 Å². The quantitative estimate of drug-likeness (QED) is 0.483. The molecule has 0 saturated carbocycles. The zero-order chi connectivity index (χ0) is 23.2. The Balaban J connectivity index is 1.18. The molecule has 4 aromatic rings. The van der Waals surface area contributed by atoms with Gasteiger partial charge in [0.1, 0.15) is 23.0 Å². The van der Waals surface area contributed by atoms with Crippen LogP contribution in [0.2, 0.25) is 0 Å². The van der Waals surface area contributed by atoms with Crippen molar-refractivity contribution in [3.05, 3.63) is 52.3 Å². The first-order chi connectivity index (χ1) is 16.6. The van der Waals surface area contributed by atoms with E-state index in [1.54, 1.807) is 6.20 Å². The van der Waals surface area contributed by atoms with E-state index in [2.05, 4.69) is 31.9 Å². The molecule has 5 heterocycles. The third-order valence-corrected chi connectivity index (χ3v) is 6.82. The highest BCUT2D eigenvalue weighted by Gasteiger charge is 2.34. The lowest BCUT2D eigenvalue weighted by Gasteiger charge is -2.42. The minimum atomic E-state index is -0.152. The van der Waals surface area contributed by atoms with Crippen LogP contribution in [0.25, 0.3) is 22.1 Å². The molecule has 1 unspecified atom stereocenters. The van der Waals surface area contributed by atoms with E-state index >= 15 is 0 Å². The number of benzene rings is 1. The Hall–Kier alpha value is -3.37. The zero-order valence-electron chi connectivity index (χ0n) is 19.3. The summed E-state index contributed by atoms with van der Waals surface area (Å²) in [6.45, 7) is 6.81. The number of H-pyrrole nitrogens is 1. The van der Waals surface area contributed by atoms with Gasteiger partial charge in [-0.1, -0.05) is 12.1 Å². The highest BCUT2D eigenvalue weighted by Crippen LogP contribution is 2.28. The first kappa shape index (κ1) is 21.2. The molecule has 2 fully saturated rings. The minimum absolute atomic E-state index is 0.0137. The molecule has 2 aliphatic heterocycles. The summed E-state index contributed by atoms with van der Waals surface area (Å²) in [4.78, 5) is 32.0. The van der Waals surface area contributed by atoms with Crippen LogP contribution in [0.1, 0.15) is 43.4 Å². The van der Waals surface area contributed by atoms with Crippen LogP contribution in [0.5, 0.6) is 5.88 Å². The summed E-state index contributed by atoms with van der Waals surface area (Å²) in [7, 11) is 0. The van der Waals surface area contributed by atoms with E-state index in [4.69, 9.17) is 14.5 Å². The average molecular weight is 462 g/mol. The van der Waals surface area contributed by atoms with Gasteiger partial charge in [-0.25, -0.2) is 19.6 Å². The van der Waals surface area contributed by atoms with Crippen molar-refractivity contribution in [3.8, 4) is 5.88 Å². The number of fused-ring (bicyclic) bond motifs is 2. The number of rotatable bonds is 5. The van der Waals surface area contributed by atoms with Crippen molar-refractivity contribution in [2.75, 3.05) is 26.3 Å². The van der Waals surface area contributed by atoms with Crippen LogP contribution < -0.4 is 10.3 Å². The first-order valence-corrected chi connectivity index (χ1v) is 11.8. The summed E-state index contributed by atoms with van der Waals surface area (Å²) < 4.78 is 13.5. The molecular formula is C24H27N7O3.